The first kappa shape index (κ1) is 10.3. The molecule has 80 valence electrons. The predicted molar refractivity (Wildman–Crippen MR) is 60.9 cm³/mol. The summed E-state index contributed by atoms with van der Waals surface area (Å²) in [5, 5.41) is 3.29. The highest BCUT2D eigenvalue weighted by Gasteiger charge is 2.22. The van der Waals surface area contributed by atoms with Crippen LogP contribution in [0.15, 0.2) is 18.2 Å². The summed E-state index contributed by atoms with van der Waals surface area (Å²) in [7, 11) is 0. The number of nitrogens with two attached hydrogens (primary N) is 1. The normalized spacial score (nSPS) is 15.0. The maximum atomic E-state index is 11.7. The molecule has 0 radical (unpaired) electrons. The van der Waals surface area contributed by atoms with Crippen LogP contribution < -0.4 is 11.1 Å². The molecule has 1 aromatic carbocycles. The Balaban J connectivity index is 2.05. The molecule has 1 fully saturated rings. The van der Waals surface area contributed by atoms with Crippen LogP contribution in [0.5, 0.6) is 0 Å². The number of hydrogen-bond acceptors (Lipinski definition) is 2. The Morgan fingerprint density at radius 1 is 1.53 bits per heavy atom. The summed E-state index contributed by atoms with van der Waals surface area (Å²) in [5.74, 6) is 0.521. The van der Waals surface area contributed by atoms with Gasteiger partial charge in [-0.05, 0) is 37.0 Å². The summed E-state index contributed by atoms with van der Waals surface area (Å²) >= 11 is 5.91. The van der Waals surface area contributed by atoms with Gasteiger partial charge in [0.2, 0.25) is 0 Å². The average Bonchev–Trinajstić information content (AvgIpc) is 3.02. The summed E-state index contributed by atoms with van der Waals surface area (Å²) in [5.41, 5.74) is 6.60. The van der Waals surface area contributed by atoms with Crippen LogP contribution in [-0.2, 0) is 0 Å². The van der Waals surface area contributed by atoms with Gasteiger partial charge in [0.1, 0.15) is 0 Å². The topological polar surface area (TPSA) is 55.1 Å². The van der Waals surface area contributed by atoms with Crippen molar-refractivity contribution in [2.45, 2.75) is 12.8 Å². The second kappa shape index (κ2) is 4.11. The minimum atomic E-state index is -0.140. The van der Waals surface area contributed by atoms with E-state index < -0.39 is 0 Å². The molecule has 1 saturated carbocycles. The van der Waals surface area contributed by atoms with Crippen molar-refractivity contribution in [3.63, 3.8) is 0 Å². The van der Waals surface area contributed by atoms with Crippen LogP contribution in [0.25, 0.3) is 0 Å². The predicted octanol–water partition coefficient (Wildman–Crippen LogP) is 2.06. The van der Waals surface area contributed by atoms with Crippen LogP contribution in [0.1, 0.15) is 23.2 Å². The lowest BCUT2D eigenvalue weighted by atomic mass is 10.2. The van der Waals surface area contributed by atoms with E-state index in [9.17, 15) is 4.79 Å². The van der Waals surface area contributed by atoms with Crippen LogP contribution >= 0.6 is 11.6 Å². The fourth-order valence-electron chi connectivity index (χ4n) is 1.37. The van der Waals surface area contributed by atoms with Gasteiger partial charge in [0.15, 0.2) is 0 Å². The van der Waals surface area contributed by atoms with E-state index in [1.165, 1.54) is 12.8 Å². The number of amides is 1. The molecule has 0 bridgehead atoms. The van der Waals surface area contributed by atoms with Gasteiger partial charge in [-0.15, -0.1) is 0 Å². The highest BCUT2D eigenvalue weighted by molar-refractivity contribution is 6.34. The Kier molecular flexibility index (Phi) is 2.82. The van der Waals surface area contributed by atoms with E-state index in [-0.39, 0.29) is 5.91 Å². The Morgan fingerprint density at radius 2 is 2.27 bits per heavy atom. The van der Waals surface area contributed by atoms with Gasteiger partial charge in [-0.1, -0.05) is 11.6 Å². The van der Waals surface area contributed by atoms with E-state index in [2.05, 4.69) is 5.32 Å². The molecule has 0 spiro atoms. The molecule has 3 nitrogen and oxygen atoms in total. The molecule has 1 amide bonds. The molecule has 0 saturated heterocycles. The van der Waals surface area contributed by atoms with Crippen molar-refractivity contribution in [3.8, 4) is 0 Å². The van der Waals surface area contributed by atoms with Gasteiger partial charge in [0.05, 0.1) is 10.6 Å². The maximum absolute atomic E-state index is 11.7. The first-order valence-electron chi connectivity index (χ1n) is 5.00. The number of hydrogen-bond donors (Lipinski definition) is 2. The highest BCUT2D eigenvalue weighted by Crippen LogP contribution is 2.28. The van der Waals surface area contributed by atoms with E-state index in [0.717, 1.165) is 6.54 Å². The molecule has 1 aliphatic rings. The number of nitrogen functional groups attached to an aromatic ring is 1. The quantitative estimate of drug-likeness (QED) is 0.773. The zero-order valence-electron chi connectivity index (χ0n) is 8.29. The molecule has 1 aromatic rings. The van der Waals surface area contributed by atoms with Crippen LogP contribution in [0.3, 0.4) is 0 Å². The molecule has 15 heavy (non-hydrogen) atoms. The standard InChI is InChI=1S/C11H13ClN2O/c12-10-4-3-8(13)5-9(10)11(15)14-6-7-1-2-7/h3-5,7H,1-2,6,13H2,(H,14,15). The van der Waals surface area contributed by atoms with Crippen LogP contribution in [0.4, 0.5) is 5.69 Å². The molecule has 0 aromatic heterocycles. The van der Waals surface area contributed by atoms with Gasteiger partial charge >= 0.3 is 0 Å². The zero-order valence-corrected chi connectivity index (χ0v) is 9.05. The highest BCUT2D eigenvalue weighted by atomic mass is 35.5. The number of halogens is 1. The van der Waals surface area contributed by atoms with Gasteiger partial charge in [-0.25, -0.2) is 0 Å². The monoisotopic (exact) mass is 224 g/mol. The second-order valence-corrected chi connectivity index (χ2v) is 4.30. The first-order valence-corrected chi connectivity index (χ1v) is 5.38. The Hall–Kier alpha value is -1.22. The fraction of sp³-hybridized carbons (Fsp3) is 0.364. The van der Waals surface area contributed by atoms with Crippen LogP contribution in [0.2, 0.25) is 5.02 Å². The molecule has 1 aliphatic carbocycles. The SMILES string of the molecule is Nc1ccc(Cl)c(C(=O)NCC2CC2)c1. The third-order valence-corrected chi connectivity index (χ3v) is 2.81. The minimum Gasteiger partial charge on any atom is -0.399 e. The summed E-state index contributed by atoms with van der Waals surface area (Å²) < 4.78 is 0. The number of carbonyl (C=O) groups excluding carboxylic acids is 1. The maximum Gasteiger partial charge on any atom is 0.252 e. The van der Waals surface area contributed by atoms with Crippen molar-refractivity contribution in [2.75, 3.05) is 12.3 Å². The largest absolute Gasteiger partial charge is 0.399 e. The molecular weight excluding hydrogens is 212 g/mol. The first-order chi connectivity index (χ1) is 7.16. The Morgan fingerprint density at radius 3 is 2.93 bits per heavy atom. The number of nitrogens with one attached hydrogen (secondary N) is 1. The third-order valence-electron chi connectivity index (χ3n) is 2.48. The zero-order chi connectivity index (χ0) is 10.8. The molecule has 3 N–H and O–H groups in total. The molecule has 4 heteroatoms. The van der Waals surface area contributed by atoms with E-state index in [1.807, 2.05) is 0 Å². The molecule has 0 aliphatic heterocycles. The lowest BCUT2D eigenvalue weighted by Crippen LogP contribution is -2.25. The minimum absolute atomic E-state index is 0.140. The smallest absolute Gasteiger partial charge is 0.252 e. The van der Waals surface area contributed by atoms with Crippen molar-refractivity contribution >= 4 is 23.2 Å². The Labute approximate surface area is 93.6 Å². The number of benzene rings is 1. The lowest BCUT2D eigenvalue weighted by molar-refractivity contribution is 0.0952. The van der Waals surface area contributed by atoms with E-state index in [4.69, 9.17) is 17.3 Å². The molecule has 2 rings (SSSR count). The van der Waals surface area contributed by atoms with Gasteiger partial charge < -0.3 is 11.1 Å². The summed E-state index contributed by atoms with van der Waals surface area (Å²) in [6, 6.07) is 4.92. The van der Waals surface area contributed by atoms with Crippen LogP contribution in [0, 0.1) is 5.92 Å². The van der Waals surface area contributed by atoms with E-state index in [0.29, 0.717) is 22.2 Å². The van der Waals surface area contributed by atoms with Crippen molar-refractivity contribution < 1.29 is 4.79 Å². The van der Waals surface area contributed by atoms with Crippen molar-refractivity contribution in [3.05, 3.63) is 28.8 Å². The lowest BCUT2D eigenvalue weighted by Gasteiger charge is -2.06. The van der Waals surface area contributed by atoms with Crippen molar-refractivity contribution in [1.82, 2.24) is 5.32 Å². The number of anilines is 1. The molecule has 0 atom stereocenters. The Bertz CT molecular complexity index is 388. The average molecular weight is 225 g/mol. The fourth-order valence-corrected chi connectivity index (χ4v) is 1.57. The number of rotatable bonds is 3. The van der Waals surface area contributed by atoms with Crippen molar-refractivity contribution in [2.24, 2.45) is 5.92 Å². The van der Waals surface area contributed by atoms with E-state index >= 15 is 0 Å². The van der Waals surface area contributed by atoms with Gasteiger partial charge in [0.25, 0.3) is 5.91 Å². The van der Waals surface area contributed by atoms with Gasteiger partial charge in [-0.3, -0.25) is 4.79 Å². The second-order valence-electron chi connectivity index (χ2n) is 3.89. The van der Waals surface area contributed by atoms with Gasteiger partial charge in [-0.2, -0.15) is 0 Å². The van der Waals surface area contributed by atoms with Gasteiger partial charge in [0, 0.05) is 12.2 Å². The summed E-state index contributed by atoms with van der Waals surface area (Å²) in [6.07, 6.45) is 2.43. The van der Waals surface area contributed by atoms with E-state index in [1.54, 1.807) is 18.2 Å². The molecular formula is C11H13ClN2O. The number of carbonyl (C=O) groups is 1. The summed E-state index contributed by atoms with van der Waals surface area (Å²) in [4.78, 5) is 11.7. The third kappa shape index (κ3) is 2.63. The van der Waals surface area contributed by atoms with Crippen LogP contribution in [-0.4, -0.2) is 12.5 Å². The summed E-state index contributed by atoms with van der Waals surface area (Å²) in [6.45, 7) is 0.740. The van der Waals surface area contributed by atoms with Crippen molar-refractivity contribution in [1.29, 1.82) is 0 Å². The molecule has 0 heterocycles. The molecule has 0 unspecified atom stereocenters.